The Bertz CT molecular complexity index is 2550. The van der Waals surface area contributed by atoms with Gasteiger partial charge in [0, 0.05) is 51.4 Å². The van der Waals surface area contributed by atoms with Gasteiger partial charge in [0.2, 0.25) is 0 Å². The number of para-hydroxylation sites is 1. The lowest BCUT2D eigenvalue weighted by molar-refractivity contribution is 1.16. The summed E-state index contributed by atoms with van der Waals surface area (Å²) in [6.45, 7) is 0. The van der Waals surface area contributed by atoms with Crippen molar-refractivity contribution in [2.45, 2.75) is 6.42 Å². The Hall–Kier alpha value is -5.55. The van der Waals surface area contributed by atoms with E-state index in [1.807, 2.05) is 24.5 Å². The standard InChI is InChI=1S/C36H21N5/c1-2-8-22(9-3-1)40-33-25(13-12-24-23-10-5-4-7-21(23)19-29(24)33)26-14-15-28-32(34(26)40)27-11-6-17-38-35(27)41-31-20-37-18-16-30(31)39-36(28)41/h1-18,20H,19H2. The van der Waals surface area contributed by atoms with Gasteiger partial charge in [-0.15, -0.1) is 0 Å². The van der Waals surface area contributed by atoms with Crippen LogP contribution in [0.4, 0.5) is 0 Å². The Morgan fingerprint density at radius 1 is 0.610 bits per heavy atom. The van der Waals surface area contributed by atoms with Crippen LogP contribution in [0.1, 0.15) is 11.1 Å². The minimum Gasteiger partial charge on any atom is -0.308 e. The minimum absolute atomic E-state index is 0.889. The van der Waals surface area contributed by atoms with Crippen molar-refractivity contribution in [1.82, 2.24) is 23.9 Å². The lowest BCUT2D eigenvalue weighted by Gasteiger charge is -2.14. The van der Waals surface area contributed by atoms with Crippen molar-refractivity contribution in [3.05, 3.63) is 127 Å². The SMILES string of the molecule is c1ccc(-n2c3c4c(ccc3c3ccc5c(c6cccnc6n6c7cnccc7nc56)c32)-c2ccccc2C4)cc1. The number of rotatable bonds is 1. The third-order valence-corrected chi connectivity index (χ3v) is 8.85. The van der Waals surface area contributed by atoms with Gasteiger partial charge in [-0.1, -0.05) is 60.7 Å². The number of imidazole rings is 1. The van der Waals surface area contributed by atoms with Crippen LogP contribution in [0, 0.1) is 0 Å². The number of nitrogens with zero attached hydrogens (tertiary/aromatic N) is 5. The topological polar surface area (TPSA) is 48.0 Å². The van der Waals surface area contributed by atoms with Crippen molar-refractivity contribution in [3.63, 3.8) is 0 Å². The zero-order chi connectivity index (χ0) is 26.7. The maximum atomic E-state index is 5.12. The molecule has 0 saturated carbocycles. The molecule has 0 aliphatic heterocycles. The van der Waals surface area contributed by atoms with Crippen LogP contribution in [0.3, 0.4) is 0 Å². The molecule has 0 unspecified atom stereocenters. The Labute approximate surface area is 234 Å². The highest BCUT2D eigenvalue weighted by molar-refractivity contribution is 6.28. The van der Waals surface area contributed by atoms with E-state index in [9.17, 15) is 0 Å². The Balaban J connectivity index is 1.49. The molecule has 10 rings (SSSR count). The quantitative estimate of drug-likeness (QED) is 0.204. The van der Waals surface area contributed by atoms with Gasteiger partial charge in [-0.05, 0) is 58.7 Å². The highest BCUT2D eigenvalue weighted by Gasteiger charge is 2.26. The first-order valence-corrected chi connectivity index (χ1v) is 13.9. The Kier molecular flexibility index (Phi) is 3.92. The second kappa shape index (κ2) is 7.55. The molecule has 1 aliphatic carbocycles. The summed E-state index contributed by atoms with van der Waals surface area (Å²) in [5, 5.41) is 5.89. The normalized spacial score (nSPS) is 12.8. The second-order valence-electron chi connectivity index (χ2n) is 10.9. The largest absolute Gasteiger partial charge is 0.308 e. The van der Waals surface area contributed by atoms with Crippen molar-refractivity contribution in [3.8, 4) is 16.8 Å². The molecule has 0 amide bonds. The molecule has 190 valence electrons. The Morgan fingerprint density at radius 3 is 2.37 bits per heavy atom. The van der Waals surface area contributed by atoms with Crippen molar-refractivity contribution >= 4 is 60.3 Å². The molecule has 0 spiro atoms. The summed E-state index contributed by atoms with van der Waals surface area (Å²) in [5.41, 5.74) is 12.7. The van der Waals surface area contributed by atoms with Gasteiger partial charge in [0.1, 0.15) is 11.3 Å². The smallest absolute Gasteiger partial charge is 0.147 e. The number of pyridine rings is 3. The van der Waals surface area contributed by atoms with Gasteiger partial charge in [0.15, 0.2) is 0 Å². The monoisotopic (exact) mass is 523 g/mol. The Morgan fingerprint density at radius 2 is 1.41 bits per heavy atom. The number of hydrogen-bond acceptors (Lipinski definition) is 3. The van der Waals surface area contributed by atoms with E-state index in [-0.39, 0.29) is 0 Å². The molecule has 0 radical (unpaired) electrons. The van der Waals surface area contributed by atoms with Crippen LogP contribution in [0.15, 0.2) is 116 Å². The van der Waals surface area contributed by atoms with E-state index in [0.29, 0.717) is 0 Å². The lowest BCUT2D eigenvalue weighted by atomic mass is 10.0. The molecule has 5 nitrogen and oxygen atoms in total. The van der Waals surface area contributed by atoms with Crippen molar-refractivity contribution in [2.24, 2.45) is 0 Å². The summed E-state index contributed by atoms with van der Waals surface area (Å²) < 4.78 is 4.65. The van der Waals surface area contributed by atoms with E-state index in [2.05, 4.69) is 98.9 Å². The van der Waals surface area contributed by atoms with Crippen LogP contribution in [-0.2, 0) is 6.42 Å². The van der Waals surface area contributed by atoms with E-state index in [1.54, 1.807) is 6.20 Å². The van der Waals surface area contributed by atoms with Crippen LogP contribution in [0.5, 0.6) is 0 Å². The fourth-order valence-electron chi connectivity index (χ4n) is 7.20. The van der Waals surface area contributed by atoms with E-state index in [0.717, 1.165) is 45.2 Å². The number of hydrogen-bond donors (Lipinski definition) is 0. The molecular weight excluding hydrogens is 502 g/mol. The molecule has 5 aromatic heterocycles. The molecule has 0 bridgehead atoms. The molecule has 4 aromatic carbocycles. The zero-order valence-corrected chi connectivity index (χ0v) is 21.9. The van der Waals surface area contributed by atoms with Gasteiger partial charge in [0.25, 0.3) is 0 Å². The van der Waals surface area contributed by atoms with Gasteiger partial charge < -0.3 is 4.57 Å². The predicted molar refractivity (Wildman–Crippen MR) is 166 cm³/mol. The fourth-order valence-corrected chi connectivity index (χ4v) is 7.20. The van der Waals surface area contributed by atoms with Crippen molar-refractivity contribution in [1.29, 1.82) is 0 Å². The molecular formula is C36H21N5. The van der Waals surface area contributed by atoms with E-state index in [1.165, 1.54) is 49.4 Å². The minimum atomic E-state index is 0.889. The molecule has 0 atom stereocenters. The van der Waals surface area contributed by atoms with Crippen LogP contribution in [-0.4, -0.2) is 23.9 Å². The number of fused-ring (bicyclic) bond motifs is 16. The average Bonchev–Trinajstić information content (AvgIpc) is 3.71. The van der Waals surface area contributed by atoms with Crippen molar-refractivity contribution in [2.75, 3.05) is 0 Å². The summed E-state index contributed by atoms with van der Waals surface area (Å²) in [4.78, 5) is 14.4. The summed E-state index contributed by atoms with van der Waals surface area (Å²) in [7, 11) is 0. The molecule has 1 aliphatic rings. The lowest BCUT2D eigenvalue weighted by Crippen LogP contribution is -1.99. The van der Waals surface area contributed by atoms with E-state index >= 15 is 0 Å². The number of benzene rings is 4. The maximum Gasteiger partial charge on any atom is 0.147 e. The summed E-state index contributed by atoms with van der Waals surface area (Å²) in [6.07, 6.45) is 6.48. The molecule has 5 heteroatoms. The molecule has 0 fully saturated rings. The van der Waals surface area contributed by atoms with E-state index in [4.69, 9.17) is 9.97 Å². The summed E-state index contributed by atoms with van der Waals surface area (Å²) in [6, 6.07) is 35.0. The van der Waals surface area contributed by atoms with E-state index < -0.39 is 0 Å². The third kappa shape index (κ3) is 2.63. The highest BCUT2D eigenvalue weighted by Crippen LogP contribution is 2.46. The first kappa shape index (κ1) is 21.3. The van der Waals surface area contributed by atoms with Crippen LogP contribution in [0.25, 0.3) is 77.1 Å². The first-order valence-electron chi connectivity index (χ1n) is 13.9. The van der Waals surface area contributed by atoms with Gasteiger partial charge in [-0.25, -0.2) is 9.97 Å². The number of aromatic nitrogens is 5. The van der Waals surface area contributed by atoms with Crippen LogP contribution >= 0.6 is 0 Å². The molecule has 0 saturated heterocycles. The molecule has 5 heterocycles. The van der Waals surface area contributed by atoms with Crippen LogP contribution in [0.2, 0.25) is 0 Å². The average molecular weight is 524 g/mol. The van der Waals surface area contributed by atoms with Gasteiger partial charge in [-0.3, -0.25) is 9.38 Å². The predicted octanol–water partition coefficient (Wildman–Crippen LogP) is 8.25. The van der Waals surface area contributed by atoms with Crippen LogP contribution < -0.4 is 0 Å². The zero-order valence-electron chi connectivity index (χ0n) is 21.9. The molecule has 9 aromatic rings. The third-order valence-electron chi connectivity index (χ3n) is 8.85. The second-order valence-corrected chi connectivity index (χ2v) is 10.9. The summed E-state index contributed by atoms with van der Waals surface area (Å²) >= 11 is 0. The molecule has 0 N–H and O–H groups in total. The highest BCUT2D eigenvalue weighted by atomic mass is 15.1. The fraction of sp³-hybridized carbons (Fsp3) is 0.0278. The summed E-state index contributed by atoms with van der Waals surface area (Å²) in [5.74, 6) is 0. The molecule has 41 heavy (non-hydrogen) atoms. The van der Waals surface area contributed by atoms with Gasteiger partial charge in [-0.2, -0.15) is 0 Å². The maximum absolute atomic E-state index is 5.12. The first-order chi connectivity index (χ1) is 20.4. The van der Waals surface area contributed by atoms with Gasteiger partial charge >= 0.3 is 0 Å². The van der Waals surface area contributed by atoms with Crippen molar-refractivity contribution < 1.29 is 0 Å². The van der Waals surface area contributed by atoms with Gasteiger partial charge in [0.05, 0.1) is 28.3 Å².